The summed E-state index contributed by atoms with van der Waals surface area (Å²) in [4.78, 5) is 30.7. The number of hydrogen-bond donors (Lipinski definition) is 2. The zero-order chi connectivity index (χ0) is 26.7. The molecule has 0 radical (unpaired) electrons. The lowest BCUT2D eigenvalue weighted by Crippen LogP contribution is -2.44. The second kappa shape index (κ2) is 11.2. The number of hydrogen-bond acceptors (Lipinski definition) is 5. The first-order valence-electron chi connectivity index (χ1n) is 12.5. The summed E-state index contributed by atoms with van der Waals surface area (Å²) in [6, 6.07) is 10.2. The number of piperazine rings is 1. The predicted octanol–water partition coefficient (Wildman–Crippen LogP) is 3.20. The Kier molecular flexibility index (Phi) is 8.20. The van der Waals surface area contributed by atoms with Crippen LogP contribution in [0.15, 0.2) is 36.4 Å². The average molecular weight is 518 g/mol. The average Bonchev–Trinajstić information content (AvgIpc) is 2.80. The number of anilines is 1. The summed E-state index contributed by atoms with van der Waals surface area (Å²) < 4.78 is 40.1. The summed E-state index contributed by atoms with van der Waals surface area (Å²) in [7, 11) is 2.03. The summed E-state index contributed by atoms with van der Waals surface area (Å²) in [5.74, 6) is -0.625. The topological polar surface area (TPSA) is 81.9 Å². The molecule has 200 valence electrons. The van der Waals surface area contributed by atoms with Crippen molar-refractivity contribution in [1.82, 2.24) is 14.7 Å². The number of halogens is 3. The molecule has 0 spiro atoms. The Hall–Kier alpha value is -2.95. The number of fused-ring (bicyclic) bond motifs is 1. The number of carbonyl (C=O) groups excluding carboxylic acids is 2. The third kappa shape index (κ3) is 7.30. The number of amides is 2. The van der Waals surface area contributed by atoms with E-state index in [2.05, 4.69) is 22.0 Å². The van der Waals surface area contributed by atoms with Crippen LogP contribution in [0.2, 0.25) is 0 Å². The van der Waals surface area contributed by atoms with E-state index in [0.29, 0.717) is 36.4 Å². The lowest BCUT2D eigenvalue weighted by atomic mass is 9.89. The molecule has 1 fully saturated rings. The van der Waals surface area contributed by atoms with Crippen molar-refractivity contribution in [3.05, 3.63) is 64.2 Å². The fraction of sp³-hybridized carbons (Fsp3) is 0.481. The van der Waals surface area contributed by atoms with Crippen LogP contribution < -0.4 is 11.1 Å². The Labute approximate surface area is 215 Å². The third-order valence-corrected chi connectivity index (χ3v) is 7.09. The largest absolute Gasteiger partial charge is 0.393 e. The third-order valence-electron chi connectivity index (χ3n) is 7.09. The van der Waals surface area contributed by atoms with E-state index >= 15 is 0 Å². The lowest BCUT2D eigenvalue weighted by Gasteiger charge is -2.33. The highest BCUT2D eigenvalue weighted by molar-refractivity contribution is 6.04. The molecule has 2 aliphatic rings. The van der Waals surface area contributed by atoms with Gasteiger partial charge in [-0.2, -0.15) is 13.2 Å². The van der Waals surface area contributed by atoms with Gasteiger partial charge in [0.05, 0.1) is 13.0 Å². The maximum Gasteiger partial charge on any atom is 0.393 e. The minimum absolute atomic E-state index is 0.142. The second-order valence-electron chi connectivity index (χ2n) is 10.3. The van der Waals surface area contributed by atoms with Gasteiger partial charge in [0.2, 0.25) is 5.91 Å². The fourth-order valence-corrected chi connectivity index (χ4v) is 5.19. The van der Waals surface area contributed by atoms with E-state index in [0.717, 1.165) is 37.3 Å². The highest BCUT2D eigenvalue weighted by Gasteiger charge is 2.30. The quantitative estimate of drug-likeness (QED) is 0.590. The molecule has 2 aromatic carbocycles. The zero-order valence-electron chi connectivity index (χ0n) is 21.3. The summed E-state index contributed by atoms with van der Waals surface area (Å²) >= 11 is 0. The monoisotopic (exact) mass is 517 g/mol. The summed E-state index contributed by atoms with van der Waals surface area (Å²) in [6.45, 7) is 7.19. The van der Waals surface area contributed by atoms with Gasteiger partial charge in [0, 0.05) is 57.1 Å². The number of nitrogens with two attached hydrogens (primary N) is 1. The van der Waals surface area contributed by atoms with Gasteiger partial charge in [-0.3, -0.25) is 19.4 Å². The highest BCUT2D eigenvalue weighted by Crippen LogP contribution is 2.30. The fourth-order valence-electron chi connectivity index (χ4n) is 5.19. The van der Waals surface area contributed by atoms with Crippen molar-refractivity contribution in [3.8, 4) is 0 Å². The molecule has 0 aromatic heterocycles. The second-order valence-corrected chi connectivity index (χ2v) is 10.3. The lowest BCUT2D eigenvalue weighted by molar-refractivity contribution is -0.127. The first-order chi connectivity index (χ1) is 17.5. The van der Waals surface area contributed by atoms with Gasteiger partial charge in [-0.25, -0.2) is 0 Å². The minimum atomic E-state index is -4.36. The van der Waals surface area contributed by atoms with E-state index in [9.17, 15) is 22.8 Å². The van der Waals surface area contributed by atoms with Crippen molar-refractivity contribution < 1.29 is 22.8 Å². The molecule has 2 aliphatic heterocycles. The van der Waals surface area contributed by atoms with Gasteiger partial charge in [-0.1, -0.05) is 19.1 Å². The van der Waals surface area contributed by atoms with Crippen LogP contribution in [0.25, 0.3) is 0 Å². The summed E-state index contributed by atoms with van der Waals surface area (Å²) in [5, 5.41) is 2.77. The maximum absolute atomic E-state index is 13.4. The molecule has 37 heavy (non-hydrogen) atoms. The van der Waals surface area contributed by atoms with Crippen LogP contribution in [0, 0.1) is 0 Å². The van der Waals surface area contributed by atoms with Crippen LogP contribution in [0.1, 0.15) is 45.5 Å². The molecule has 3 N–H and O–H groups in total. The van der Waals surface area contributed by atoms with Gasteiger partial charge in [-0.15, -0.1) is 0 Å². The molecule has 0 unspecified atom stereocenters. The molecule has 2 heterocycles. The molecule has 0 aliphatic carbocycles. The van der Waals surface area contributed by atoms with Crippen LogP contribution in [-0.2, 0) is 24.3 Å². The van der Waals surface area contributed by atoms with Crippen LogP contribution >= 0.6 is 0 Å². The Morgan fingerprint density at radius 3 is 2.43 bits per heavy atom. The molecule has 4 rings (SSSR count). The van der Waals surface area contributed by atoms with Crippen LogP contribution in [0.5, 0.6) is 0 Å². The van der Waals surface area contributed by atoms with Crippen LogP contribution in [-0.4, -0.2) is 79.0 Å². The zero-order valence-corrected chi connectivity index (χ0v) is 21.3. The van der Waals surface area contributed by atoms with E-state index < -0.39 is 24.4 Å². The van der Waals surface area contributed by atoms with Crippen molar-refractivity contribution in [1.29, 1.82) is 0 Å². The summed E-state index contributed by atoms with van der Waals surface area (Å²) in [5.41, 5.74) is 8.93. The number of nitrogens with zero attached hydrogens (tertiary/aromatic N) is 3. The maximum atomic E-state index is 13.4. The Morgan fingerprint density at radius 2 is 1.76 bits per heavy atom. The molecular formula is C27H34F3N5O2. The van der Waals surface area contributed by atoms with Gasteiger partial charge in [0.1, 0.15) is 0 Å². The van der Waals surface area contributed by atoms with E-state index in [-0.39, 0.29) is 18.0 Å². The standard InChI is InChI=1S/C27H34F3N5O2/c1-18-14-35(17-25(31)36)16-22-11-19(4-6-24(18)22)26(37)32-23-5-3-20(21(12-23)13-27(28,29)30)15-34-9-7-33(2)8-10-34/h3-6,11-12,18H,7-10,13-17H2,1-2H3,(H2,31,36)(H,32,37)/t18-/m0/s1. The predicted molar refractivity (Wildman–Crippen MR) is 136 cm³/mol. The molecule has 0 bridgehead atoms. The Balaban J connectivity index is 1.51. The highest BCUT2D eigenvalue weighted by atomic mass is 19.4. The van der Waals surface area contributed by atoms with Gasteiger partial charge < -0.3 is 16.0 Å². The number of primary amides is 1. The molecule has 0 saturated carbocycles. The summed E-state index contributed by atoms with van der Waals surface area (Å²) in [6.07, 6.45) is -5.41. The van der Waals surface area contributed by atoms with E-state index in [1.807, 2.05) is 18.0 Å². The minimum Gasteiger partial charge on any atom is -0.369 e. The molecular weight excluding hydrogens is 483 g/mol. The van der Waals surface area contributed by atoms with Gasteiger partial charge in [0.15, 0.2) is 0 Å². The molecule has 10 heteroatoms. The first kappa shape index (κ1) is 27.1. The van der Waals surface area contributed by atoms with E-state index in [4.69, 9.17) is 5.73 Å². The number of likely N-dealkylation sites (N-methyl/N-ethyl adjacent to an activating group) is 1. The first-order valence-corrected chi connectivity index (χ1v) is 12.5. The Bertz CT molecular complexity index is 1150. The molecule has 7 nitrogen and oxygen atoms in total. The van der Waals surface area contributed by atoms with E-state index in [1.54, 1.807) is 24.3 Å². The number of nitrogens with one attached hydrogen (secondary N) is 1. The number of benzene rings is 2. The van der Waals surface area contributed by atoms with Crippen LogP contribution in [0.3, 0.4) is 0 Å². The number of alkyl halides is 3. The van der Waals surface area contributed by atoms with Crippen molar-refractivity contribution in [2.75, 3.05) is 51.6 Å². The SMILES string of the molecule is C[C@H]1CN(CC(N)=O)Cc2cc(C(=O)Nc3ccc(CN4CCN(C)CC4)c(CC(F)(F)F)c3)ccc21. The van der Waals surface area contributed by atoms with Crippen molar-refractivity contribution in [3.63, 3.8) is 0 Å². The van der Waals surface area contributed by atoms with Crippen molar-refractivity contribution >= 4 is 17.5 Å². The van der Waals surface area contributed by atoms with Gasteiger partial charge >= 0.3 is 6.18 Å². The molecule has 2 amide bonds. The van der Waals surface area contributed by atoms with Crippen molar-refractivity contribution in [2.45, 2.75) is 38.5 Å². The normalized spacial score (nSPS) is 19.4. The van der Waals surface area contributed by atoms with Crippen molar-refractivity contribution in [2.24, 2.45) is 5.73 Å². The van der Waals surface area contributed by atoms with E-state index in [1.165, 1.54) is 6.07 Å². The Morgan fingerprint density at radius 1 is 1.03 bits per heavy atom. The van der Waals surface area contributed by atoms with Crippen LogP contribution in [0.4, 0.5) is 18.9 Å². The van der Waals surface area contributed by atoms with Gasteiger partial charge in [-0.05, 0) is 59.5 Å². The molecule has 1 atom stereocenters. The molecule has 1 saturated heterocycles. The van der Waals surface area contributed by atoms with Gasteiger partial charge in [0.25, 0.3) is 5.91 Å². The molecule has 2 aromatic rings. The number of rotatable bonds is 7. The number of carbonyl (C=O) groups is 2. The smallest absolute Gasteiger partial charge is 0.369 e.